The van der Waals surface area contributed by atoms with Crippen LogP contribution in [0.25, 0.3) is 0 Å². The van der Waals surface area contributed by atoms with Crippen LogP contribution in [0.5, 0.6) is 0 Å². The number of thiocarbonyl (C=S) groups is 1. The van der Waals surface area contributed by atoms with Crippen LogP contribution in [-0.2, 0) is 6.18 Å². The Labute approximate surface area is 140 Å². The van der Waals surface area contributed by atoms with Crippen LogP contribution in [0.4, 0.5) is 18.9 Å². The monoisotopic (exact) mass is 345 g/mol. The summed E-state index contributed by atoms with van der Waals surface area (Å²) in [5, 5.41) is 6.07. The Morgan fingerprint density at radius 3 is 2.52 bits per heavy atom. The highest BCUT2D eigenvalue weighted by molar-refractivity contribution is 7.80. The number of anilines is 1. The van der Waals surface area contributed by atoms with Crippen LogP contribution in [0.3, 0.4) is 0 Å². The lowest BCUT2D eigenvalue weighted by molar-refractivity contribution is -0.136. The summed E-state index contributed by atoms with van der Waals surface area (Å²) in [5.41, 5.74) is -0.720. The van der Waals surface area contributed by atoms with E-state index in [-0.39, 0.29) is 16.8 Å². The first kappa shape index (κ1) is 18.0. The van der Waals surface area contributed by atoms with Gasteiger partial charge in [0.2, 0.25) is 0 Å². The predicted molar refractivity (Wildman–Crippen MR) is 90.6 cm³/mol. The van der Waals surface area contributed by atoms with E-state index in [1.807, 2.05) is 0 Å². The van der Waals surface area contributed by atoms with Gasteiger partial charge in [0.05, 0.1) is 11.3 Å². The van der Waals surface area contributed by atoms with E-state index in [1.165, 1.54) is 12.1 Å². The fourth-order valence-corrected chi connectivity index (χ4v) is 3.08. The van der Waals surface area contributed by atoms with Crippen LogP contribution in [-0.4, -0.2) is 35.7 Å². The Hall–Kier alpha value is -1.34. The van der Waals surface area contributed by atoms with E-state index < -0.39 is 11.7 Å². The molecule has 0 amide bonds. The summed E-state index contributed by atoms with van der Waals surface area (Å²) in [4.78, 5) is 2.40. The van der Waals surface area contributed by atoms with Crippen molar-refractivity contribution in [2.45, 2.75) is 38.4 Å². The average Bonchev–Trinajstić information content (AvgIpc) is 2.49. The van der Waals surface area contributed by atoms with Gasteiger partial charge in [0.1, 0.15) is 0 Å². The second-order valence-electron chi connectivity index (χ2n) is 5.76. The molecule has 0 aliphatic carbocycles. The number of rotatable bonds is 4. The fraction of sp³-hybridized carbons (Fsp3) is 0.562. The second kappa shape index (κ2) is 7.97. The molecular formula is C16H22F3N3S. The quantitative estimate of drug-likeness (QED) is 0.810. The molecule has 23 heavy (non-hydrogen) atoms. The van der Waals surface area contributed by atoms with Crippen molar-refractivity contribution in [1.29, 1.82) is 0 Å². The molecule has 0 bridgehead atoms. The lowest BCUT2D eigenvalue weighted by Crippen LogP contribution is -2.46. The van der Waals surface area contributed by atoms with Gasteiger partial charge in [0, 0.05) is 19.1 Å². The molecule has 1 aromatic rings. The van der Waals surface area contributed by atoms with Crippen LogP contribution >= 0.6 is 12.2 Å². The zero-order chi connectivity index (χ0) is 16.9. The Morgan fingerprint density at radius 1 is 1.26 bits per heavy atom. The highest BCUT2D eigenvalue weighted by atomic mass is 32.1. The van der Waals surface area contributed by atoms with E-state index >= 15 is 0 Å². The lowest BCUT2D eigenvalue weighted by atomic mass is 10.1. The van der Waals surface area contributed by atoms with Gasteiger partial charge in [-0.2, -0.15) is 13.2 Å². The number of nitrogens with zero attached hydrogens (tertiary/aromatic N) is 1. The van der Waals surface area contributed by atoms with Crippen molar-refractivity contribution in [3.05, 3.63) is 29.8 Å². The third-order valence-corrected chi connectivity index (χ3v) is 4.16. The molecule has 0 saturated carbocycles. The van der Waals surface area contributed by atoms with Gasteiger partial charge in [-0.1, -0.05) is 19.1 Å². The first-order chi connectivity index (χ1) is 10.9. The van der Waals surface area contributed by atoms with Gasteiger partial charge in [-0.15, -0.1) is 0 Å². The van der Waals surface area contributed by atoms with Gasteiger partial charge in [-0.25, -0.2) is 0 Å². The van der Waals surface area contributed by atoms with Crippen molar-refractivity contribution < 1.29 is 13.2 Å². The number of alkyl halides is 3. The third-order valence-electron chi connectivity index (χ3n) is 3.94. The van der Waals surface area contributed by atoms with Crippen molar-refractivity contribution in [3.8, 4) is 0 Å². The van der Waals surface area contributed by atoms with Gasteiger partial charge >= 0.3 is 6.18 Å². The third kappa shape index (κ3) is 5.35. The molecule has 0 atom stereocenters. The van der Waals surface area contributed by atoms with Gasteiger partial charge in [0.25, 0.3) is 0 Å². The first-order valence-corrected chi connectivity index (χ1v) is 8.27. The van der Waals surface area contributed by atoms with Crippen molar-refractivity contribution >= 4 is 23.0 Å². The second-order valence-corrected chi connectivity index (χ2v) is 6.17. The summed E-state index contributed by atoms with van der Waals surface area (Å²) < 4.78 is 38.9. The van der Waals surface area contributed by atoms with E-state index in [0.29, 0.717) is 0 Å². The SMILES string of the molecule is CCCN1CCC(NC(=S)Nc2ccccc2C(F)(F)F)CC1. The molecule has 1 aliphatic rings. The number of likely N-dealkylation sites (tertiary alicyclic amines) is 1. The molecule has 1 fully saturated rings. The molecule has 0 aromatic heterocycles. The molecule has 2 N–H and O–H groups in total. The molecule has 0 unspecified atom stereocenters. The Balaban J connectivity index is 1.89. The minimum Gasteiger partial charge on any atom is -0.360 e. The maximum Gasteiger partial charge on any atom is 0.418 e. The molecule has 0 radical (unpaired) electrons. The Morgan fingerprint density at radius 2 is 1.91 bits per heavy atom. The molecule has 0 spiro atoms. The summed E-state index contributed by atoms with van der Waals surface area (Å²) in [6.45, 7) is 5.23. The number of nitrogens with one attached hydrogen (secondary N) is 2. The maximum atomic E-state index is 13.0. The highest BCUT2D eigenvalue weighted by Gasteiger charge is 2.33. The number of hydrogen-bond acceptors (Lipinski definition) is 2. The predicted octanol–water partition coefficient (Wildman–Crippen LogP) is 3.87. The zero-order valence-electron chi connectivity index (χ0n) is 13.1. The van der Waals surface area contributed by atoms with Crippen molar-refractivity contribution in [2.75, 3.05) is 25.0 Å². The smallest absolute Gasteiger partial charge is 0.360 e. The number of para-hydroxylation sites is 1. The van der Waals surface area contributed by atoms with Crippen LogP contribution in [0.15, 0.2) is 24.3 Å². The molecule has 128 valence electrons. The summed E-state index contributed by atoms with van der Waals surface area (Å²) in [5.74, 6) is 0. The number of benzene rings is 1. The molecule has 1 aliphatic heterocycles. The Bertz CT molecular complexity index is 526. The number of piperidine rings is 1. The fourth-order valence-electron chi connectivity index (χ4n) is 2.80. The van der Waals surface area contributed by atoms with E-state index in [1.54, 1.807) is 6.07 Å². The van der Waals surface area contributed by atoms with E-state index in [0.717, 1.165) is 45.0 Å². The molecule has 1 saturated heterocycles. The van der Waals surface area contributed by atoms with Gasteiger partial charge < -0.3 is 15.5 Å². The molecule has 2 rings (SSSR count). The number of hydrogen-bond donors (Lipinski definition) is 2. The minimum atomic E-state index is -4.40. The lowest BCUT2D eigenvalue weighted by Gasteiger charge is -2.32. The summed E-state index contributed by atoms with van der Waals surface area (Å²) >= 11 is 5.18. The largest absolute Gasteiger partial charge is 0.418 e. The molecule has 1 aromatic carbocycles. The van der Waals surface area contributed by atoms with Crippen LogP contribution < -0.4 is 10.6 Å². The average molecular weight is 345 g/mol. The zero-order valence-corrected chi connectivity index (χ0v) is 13.9. The van der Waals surface area contributed by atoms with Gasteiger partial charge in [-0.3, -0.25) is 0 Å². The normalized spacial score (nSPS) is 17.0. The van der Waals surface area contributed by atoms with Crippen LogP contribution in [0.2, 0.25) is 0 Å². The van der Waals surface area contributed by atoms with Crippen molar-refractivity contribution in [1.82, 2.24) is 10.2 Å². The topological polar surface area (TPSA) is 27.3 Å². The summed E-state index contributed by atoms with van der Waals surface area (Å²) in [7, 11) is 0. The molecule has 3 nitrogen and oxygen atoms in total. The van der Waals surface area contributed by atoms with Gasteiger partial charge in [0.15, 0.2) is 5.11 Å². The minimum absolute atomic E-state index is 0.0130. The van der Waals surface area contributed by atoms with Crippen molar-refractivity contribution in [3.63, 3.8) is 0 Å². The Kier molecular flexibility index (Phi) is 6.24. The van der Waals surface area contributed by atoms with Gasteiger partial charge in [-0.05, 0) is 50.2 Å². The van der Waals surface area contributed by atoms with Crippen molar-refractivity contribution in [2.24, 2.45) is 0 Å². The molecule has 1 heterocycles. The van der Waals surface area contributed by atoms with Crippen LogP contribution in [0.1, 0.15) is 31.7 Å². The van der Waals surface area contributed by atoms with E-state index in [4.69, 9.17) is 12.2 Å². The molecule has 7 heteroatoms. The summed E-state index contributed by atoms with van der Waals surface area (Å²) in [6, 6.07) is 5.58. The number of halogens is 3. The maximum absolute atomic E-state index is 13.0. The summed E-state index contributed by atoms with van der Waals surface area (Å²) in [6.07, 6.45) is -1.37. The van der Waals surface area contributed by atoms with E-state index in [2.05, 4.69) is 22.5 Å². The highest BCUT2D eigenvalue weighted by Crippen LogP contribution is 2.34. The van der Waals surface area contributed by atoms with E-state index in [9.17, 15) is 13.2 Å². The molecular weight excluding hydrogens is 323 g/mol. The van der Waals surface area contributed by atoms with Crippen LogP contribution in [0, 0.1) is 0 Å². The standard InChI is InChI=1S/C16H22F3N3S/c1-2-9-22-10-7-12(8-11-22)20-15(23)21-14-6-4-3-5-13(14)16(17,18)19/h3-6,12H,2,7-11H2,1H3,(H2,20,21,23). The first-order valence-electron chi connectivity index (χ1n) is 7.86.